The van der Waals surface area contributed by atoms with Crippen LogP contribution in [-0.2, 0) is 4.79 Å². The maximum Gasteiger partial charge on any atom is 0.225 e. The van der Waals surface area contributed by atoms with Crippen molar-refractivity contribution in [1.29, 1.82) is 0 Å². The van der Waals surface area contributed by atoms with Gasteiger partial charge in [0.2, 0.25) is 5.91 Å². The number of carbonyl (C=O) groups is 1. The third-order valence-electron chi connectivity index (χ3n) is 4.46. The van der Waals surface area contributed by atoms with Crippen LogP contribution in [0.25, 0.3) is 0 Å². The SMILES string of the molecule is CSc1ccccc1NC(=O)CCN1CCCC[C@H]1c1ncc[nH]1. The molecule has 128 valence electrons. The van der Waals surface area contributed by atoms with Crippen LogP contribution in [0.15, 0.2) is 41.6 Å². The largest absolute Gasteiger partial charge is 0.347 e. The fourth-order valence-electron chi connectivity index (χ4n) is 3.23. The summed E-state index contributed by atoms with van der Waals surface area (Å²) in [6, 6.07) is 8.23. The van der Waals surface area contributed by atoms with Gasteiger partial charge >= 0.3 is 0 Å². The van der Waals surface area contributed by atoms with E-state index in [1.807, 2.05) is 36.7 Å². The van der Waals surface area contributed by atoms with Gasteiger partial charge in [-0.05, 0) is 37.8 Å². The second-order valence-electron chi connectivity index (χ2n) is 6.02. The van der Waals surface area contributed by atoms with Gasteiger partial charge in [0.15, 0.2) is 0 Å². The Labute approximate surface area is 147 Å². The average molecular weight is 344 g/mol. The number of amides is 1. The quantitative estimate of drug-likeness (QED) is 0.785. The first kappa shape index (κ1) is 17.0. The lowest BCUT2D eigenvalue weighted by Gasteiger charge is -2.34. The summed E-state index contributed by atoms with van der Waals surface area (Å²) in [5, 5.41) is 3.04. The maximum atomic E-state index is 12.3. The molecule has 0 radical (unpaired) electrons. The molecule has 2 N–H and O–H groups in total. The summed E-state index contributed by atoms with van der Waals surface area (Å²) in [4.78, 5) is 23.4. The fraction of sp³-hybridized carbons (Fsp3) is 0.444. The number of rotatable bonds is 6. The molecule has 1 aromatic carbocycles. The molecule has 0 unspecified atom stereocenters. The monoisotopic (exact) mass is 344 g/mol. The Bertz CT molecular complexity index is 659. The van der Waals surface area contributed by atoms with Crippen LogP contribution < -0.4 is 5.32 Å². The van der Waals surface area contributed by atoms with Crippen LogP contribution in [-0.4, -0.2) is 40.1 Å². The third kappa shape index (κ3) is 4.19. The molecule has 5 nitrogen and oxygen atoms in total. The molecule has 2 aromatic rings. The van der Waals surface area contributed by atoms with E-state index in [2.05, 4.69) is 20.2 Å². The number of piperidine rings is 1. The van der Waals surface area contributed by atoms with Crippen molar-refractivity contribution in [1.82, 2.24) is 14.9 Å². The van der Waals surface area contributed by atoms with E-state index >= 15 is 0 Å². The number of benzene rings is 1. The highest BCUT2D eigenvalue weighted by atomic mass is 32.2. The minimum atomic E-state index is 0.0697. The topological polar surface area (TPSA) is 61.0 Å². The molecule has 6 heteroatoms. The zero-order chi connectivity index (χ0) is 16.8. The summed E-state index contributed by atoms with van der Waals surface area (Å²) < 4.78 is 0. The lowest BCUT2D eigenvalue weighted by molar-refractivity contribution is -0.116. The Morgan fingerprint density at radius 2 is 2.29 bits per heavy atom. The first-order valence-corrected chi connectivity index (χ1v) is 9.66. The van der Waals surface area contributed by atoms with Crippen molar-refractivity contribution in [3.05, 3.63) is 42.5 Å². The number of likely N-dealkylation sites (tertiary alicyclic amines) is 1. The van der Waals surface area contributed by atoms with Crippen LogP contribution in [0.2, 0.25) is 0 Å². The molecule has 0 spiro atoms. The average Bonchev–Trinajstić information content (AvgIpc) is 3.15. The number of thioether (sulfide) groups is 1. The number of aromatic nitrogens is 2. The van der Waals surface area contributed by atoms with Crippen molar-refractivity contribution in [2.45, 2.75) is 36.6 Å². The summed E-state index contributed by atoms with van der Waals surface area (Å²) >= 11 is 1.64. The van der Waals surface area contributed by atoms with Gasteiger partial charge in [0.25, 0.3) is 0 Å². The van der Waals surface area contributed by atoms with Gasteiger partial charge in [0.1, 0.15) is 5.82 Å². The van der Waals surface area contributed by atoms with Crippen LogP contribution in [0.4, 0.5) is 5.69 Å². The first-order chi connectivity index (χ1) is 11.8. The zero-order valence-electron chi connectivity index (χ0n) is 14.0. The van der Waals surface area contributed by atoms with Crippen molar-refractivity contribution < 1.29 is 4.79 Å². The number of H-pyrrole nitrogens is 1. The number of aromatic amines is 1. The van der Waals surface area contributed by atoms with Gasteiger partial charge in [-0.2, -0.15) is 0 Å². The molecule has 1 fully saturated rings. The van der Waals surface area contributed by atoms with E-state index in [4.69, 9.17) is 0 Å². The van der Waals surface area contributed by atoms with Gasteiger partial charge in [0.05, 0.1) is 11.7 Å². The number of imidazole rings is 1. The van der Waals surface area contributed by atoms with Crippen LogP contribution >= 0.6 is 11.8 Å². The van der Waals surface area contributed by atoms with Crippen molar-refractivity contribution >= 4 is 23.4 Å². The predicted molar refractivity (Wildman–Crippen MR) is 98.2 cm³/mol. The highest BCUT2D eigenvalue weighted by Crippen LogP contribution is 2.29. The molecule has 24 heavy (non-hydrogen) atoms. The van der Waals surface area contributed by atoms with Crippen LogP contribution in [0, 0.1) is 0 Å². The zero-order valence-corrected chi connectivity index (χ0v) is 14.8. The Hall–Kier alpha value is -1.79. The van der Waals surface area contributed by atoms with Gasteiger partial charge < -0.3 is 10.3 Å². The first-order valence-electron chi connectivity index (χ1n) is 8.44. The molecule has 1 amide bonds. The van der Waals surface area contributed by atoms with E-state index in [0.717, 1.165) is 35.9 Å². The van der Waals surface area contributed by atoms with Gasteiger partial charge in [-0.1, -0.05) is 18.6 Å². The van der Waals surface area contributed by atoms with Crippen molar-refractivity contribution in [3.63, 3.8) is 0 Å². The Balaban J connectivity index is 1.57. The molecule has 0 aliphatic carbocycles. The van der Waals surface area contributed by atoms with Crippen molar-refractivity contribution in [3.8, 4) is 0 Å². The van der Waals surface area contributed by atoms with E-state index in [9.17, 15) is 4.79 Å². The van der Waals surface area contributed by atoms with Crippen LogP contribution in [0.5, 0.6) is 0 Å². The number of nitrogens with zero attached hydrogens (tertiary/aromatic N) is 2. The molecule has 0 bridgehead atoms. The lowest BCUT2D eigenvalue weighted by atomic mass is 10.0. The second-order valence-corrected chi connectivity index (χ2v) is 6.87. The highest BCUT2D eigenvalue weighted by Gasteiger charge is 2.25. The third-order valence-corrected chi connectivity index (χ3v) is 5.25. The van der Waals surface area contributed by atoms with Gasteiger partial charge in [-0.15, -0.1) is 11.8 Å². The van der Waals surface area contributed by atoms with Crippen molar-refractivity contribution in [2.75, 3.05) is 24.7 Å². The summed E-state index contributed by atoms with van der Waals surface area (Å²) in [5.41, 5.74) is 0.899. The molecule has 1 aromatic heterocycles. The van der Waals surface area contributed by atoms with Gasteiger partial charge in [0, 0.05) is 30.3 Å². The number of hydrogen-bond acceptors (Lipinski definition) is 4. The van der Waals surface area contributed by atoms with Gasteiger partial charge in [-0.3, -0.25) is 9.69 Å². The molecule has 1 atom stereocenters. The Morgan fingerprint density at radius 3 is 3.08 bits per heavy atom. The van der Waals surface area contributed by atoms with Crippen molar-refractivity contribution in [2.24, 2.45) is 0 Å². The summed E-state index contributed by atoms with van der Waals surface area (Å²) in [6.45, 7) is 1.79. The number of carbonyl (C=O) groups excluding carboxylic acids is 1. The van der Waals surface area contributed by atoms with Gasteiger partial charge in [-0.25, -0.2) is 4.98 Å². The number of hydrogen-bond donors (Lipinski definition) is 2. The number of para-hydroxylation sites is 1. The minimum Gasteiger partial charge on any atom is -0.347 e. The number of anilines is 1. The summed E-state index contributed by atoms with van der Waals surface area (Å²) in [7, 11) is 0. The molecular formula is C18H24N4OS. The normalized spacial score (nSPS) is 18.5. The summed E-state index contributed by atoms with van der Waals surface area (Å²) in [5.74, 6) is 1.09. The van der Waals surface area contributed by atoms with E-state index < -0.39 is 0 Å². The Morgan fingerprint density at radius 1 is 1.42 bits per heavy atom. The second kappa shape index (κ2) is 8.35. The fourth-order valence-corrected chi connectivity index (χ4v) is 3.79. The molecule has 1 saturated heterocycles. The predicted octanol–water partition coefficient (Wildman–Crippen LogP) is 3.69. The van der Waals surface area contributed by atoms with Crippen LogP contribution in [0.1, 0.15) is 37.5 Å². The van der Waals surface area contributed by atoms with E-state index in [1.54, 1.807) is 18.0 Å². The molecular weight excluding hydrogens is 320 g/mol. The smallest absolute Gasteiger partial charge is 0.225 e. The highest BCUT2D eigenvalue weighted by molar-refractivity contribution is 7.98. The number of nitrogens with one attached hydrogen (secondary N) is 2. The Kier molecular flexibility index (Phi) is 5.93. The van der Waals surface area contributed by atoms with E-state index in [1.165, 1.54) is 12.8 Å². The summed E-state index contributed by atoms with van der Waals surface area (Å²) in [6.07, 6.45) is 9.70. The molecule has 2 heterocycles. The molecule has 1 aliphatic heterocycles. The lowest BCUT2D eigenvalue weighted by Crippen LogP contribution is -2.36. The minimum absolute atomic E-state index is 0.0697. The standard InChI is InChI=1S/C18H24N4OS/c1-24-16-8-3-2-6-14(16)21-17(23)9-13-22-12-5-4-7-15(22)18-19-10-11-20-18/h2-3,6,8,10-11,15H,4-5,7,9,12-13H2,1H3,(H,19,20)(H,21,23)/t15-/m0/s1. The molecule has 3 rings (SSSR count). The molecule has 1 aliphatic rings. The van der Waals surface area contributed by atoms with E-state index in [-0.39, 0.29) is 5.91 Å². The maximum absolute atomic E-state index is 12.3. The molecule has 0 saturated carbocycles. The van der Waals surface area contributed by atoms with Crippen LogP contribution in [0.3, 0.4) is 0 Å². The van der Waals surface area contributed by atoms with E-state index in [0.29, 0.717) is 12.5 Å².